The van der Waals surface area contributed by atoms with Gasteiger partial charge in [0, 0.05) is 31.2 Å². The molecule has 2 aliphatic heterocycles. The van der Waals surface area contributed by atoms with Crippen LogP contribution in [0.25, 0.3) is 5.57 Å². The molecule has 0 atom stereocenters. The van der Waals surface area contributed by atoms with Gasteiger partial charge in [0.05, 0.1) is 25.5 Å². The van der Waals surface area contributed by atoms with Crippen molar-refractivity contribution in [1.82, 2.24) is 9.80 Å². The van der Waals surface area contributed by atoms with Gasteiger partial charge in [-0.2, -0.15) is 0 Å². The number of hydrogen-bond donors (Lipinski definition) is 0. The molecule has 0 radical (unpaired) electrons. The van der Waals surface area contributed by atoms with Crippen LogP contribution in [0.15, 0.2) is 48.2 Å². The number of methoxy groups -OCH3 is 2. The number of rotatable bonds is 6. The summed E-state index contributed by atoms with van der Waals surface area (Å²) in [5.41, 5.74) is 1.84. The van der Waals surface area contributed by atoms with Gasteiger partial charge in [0.2, 0.25) is 0 Å². The minimum Gasteiger partial charge on any atom is -0.493 e. The largest absolute Gasteiger partial charge is 0.493 e. The second-order valence-electron chi connectivity index (χ2n) is 7.64. The maximum Gasteiger partial charge on any atom is 0.282 e. The summed E-state index contributed by atoms with van der Waals surface area (Å²) in [5.74, 6) is 0.331. The molecule has 2 heterocycles. The van der Waals surface area contributed by atoms with Gasteiger partial charge in [-0.15, -0.1) is 0 Å². The van der Waals surface area contributed by atoms with Gasteiger partial charge < -0.3 is 19.3 Å². The Balaban J connectivity index is 1.81. The number of likely N-dealkylation sites (N-methyl/N-ethyl adjacent to an activating group) is 1. The van der Waals surface area contributed by atoms with Gasteiger partial charge in [-0.3, -0.25) is 9.59 Å². The number of halogens is 1. The molecule has 2 amide bonds. The quantitative estimate of drug-likeness (QED) is 0.623. The molecule has 8 heteroatoms. The first-order chi connectivity index (χ1) is 15.5. The van der Waals surface area contributed by atoms with E-state index in [9.17, 15) is 9.59 Å². The lowest BCUT2D eigenvalue weighted by atomic mass is 10.0. The summed E-state index contributed by atoms with van der Waals surface area (Å²) in [6, 6.07) is 12.0. The second-order valence-corrected chi connectivity index (χ2v) is 8.08. The molecule has 32 heavy (non-hydrogen) atoms. The summed E-state index contributed by atoms with van der Waals surface area (Å²) in [4.78, 5) is 32.8. The van der Waals surface area contributed by atoms with E-state index in [0.717, 1.165) is 19.6 Å². The smallest absolute Gasteiger partial charge is 0.282 e. The summed E-state index contributed by atoms with van der Waals surface area (Å²) in [6.07, 6.45) is 0. The van der Waals surface area contributed by atoms with Crippen LogP contribution in [0.3, 0.4) is 0 Å². The van der Waals surface area contributed by atoms with Crippen molar-refractivity contribution in [3.8, 4) is 11.5 Å². The van der Waals surface area contributed by atoms with Crippen molar-refractivity contribution in [1.29, 1.82) is 0 Å². The molecular formula is C24H26ClN3O4. The summed E-state index contributed by atoms with van der Waals surface area (Å²) >= 11 is 6.15. The third-order valence-electron chi connectivity index (χ3n) is 5.93. The molecule has 7 nitrogen and oxygen atoms in total. The van der Waals surface area contributed by atoms with E-state index in [1.54, 1.807) is 56.7 Å². The van der Waals surface area contributed by atoms with Crippen LogP contribution in [0.4, 0.5) is 5.69 Å². The second kappa shape index (κ2) is 9.22. The highest BCUT2D eigenvalue weighted by Crippen LogP contribution is 2.38. The van der Waals surface area contributed by atoms with E-state index < -0.39 is 0 Å². The zero-order valence-electron chi connectivity index (χ0n) is 18.4. The van der Waals surface area contributed by atoms with E-state index in [4.69, 9.17) is 21.1 Å². The molecular weight excluding hydrogens is 430 g/mol. The number of carbonyl (C=O) groups is 2. The summed E-state index contributed by atoms with van der Waals surface area (Å²) in [6.45, 7) is 6.08. The van der Waals surface area contributed by atoms with Crippen LogP contribution in [-0.2, 0) is 9.59 Å². The summed E-state index contributed by atoms with van der Waals surface area (Å²) in [7, 11) is 3.10. The lowest BCUT2D eigenvalue weighted by molar-refractivity contribution is -0.120. The Morgan fingerprint density at radius 3 is 2.25 bits per heavy atom. The zero-order valence-corrected chi connectivity index (χ0v) is 19.2. The van der Waals surface area contributed by atoms with Gasteiger partial charge in [0.15, 0.2) is 11.5 Å². The van der Waals surface area contributed by atoms with E-state index in [2.05, 4.69) is 11.8 Å². The number of ether oxygens (including phenoxy) is 2. The molecule has 2 aromatic rings. The SMILES string of the molecule is CCN1CCN(C2=C(c3ccc(OC)c(OC)c3)C(=O)N(c3cccc(Cl)c3)C2=O)CC1. The Hall–Kier alpha value is -3.03. The van der Waals surface area contributed by atoms with Gasteiger partial charge in [-0.1, -0.05) is 30.7 Å². The fraction of sp³-hybridized carbons (Fsp3) is 0.333. The Morgan fingerprint density at radius 2 is 1.62 bits per heavy atom. The number of imide groups is 1. The maximum atomic E-state index is 13.7. The van der Waals surface area contributed by atoms with Crippen molar-refractivity contribution < 1.29 is 19.1 Å². The first kappa shape index (κ1) is 22.2. The van der Waals surface area contributed by atoms with Crippen molar-refractivity contribution in [2.24, 2.45) is 0 Å². The van der Waals surface area contributed by atoms with Crippen molar-refractivity contribution in [2.75, 3.05) is 51.8 Å². The van der Waals surface area contributed by atoms with Gasteiger partial charge in [-0.05, 0) is 42.4 Å². The predicted molar refractivity (Wildman–Crippen MR) is 124 cm³/mol. The Labute approximate surface area is 192 Å². The average Bonchev–Trinajstić information content (AvgIpc) is 3.08. The van der Waals surface area contributed by atoms with Crippen LogP contribution in [0.1, 0.15) is 12.5 Å². The van der Waals surface area contributed by atoms with E-state index in [0.29, 0.717) is 52.1 Å². The van der Waals surface area contributed by atoms with Gasteiger partial charge in [0.1, 0.15) is 5.70 Å². The number of amides is 2. The van der Waals surface area contributed by atoms with Gasteiger partial charge >= 0.3 is 0 Å². The number of nitrogens with zero attached hydrogens (tertiary/aromatic N) is 3. The predicted octanol–water partition coefficient (Wildman–Crippen LogP) is 3.28. The first-order valence-corrected chi connectivity index (χ1v) is 10.9. The van der Waals surface area contributed by atoms with Gasteiger partial charge in [0.25, 0.3) is 11.8 Å². The molecule has 0 spiro atoms. The molecule has 4 rings (SSSR count). The standard InChI is InChI=1S/C24H26ClN3O4/c1-4-26-10-12-27(13-11-26)22-21(16-8-9-19(31-2)20(14-16)32-3)23(29)28(24(22)30)18-7-5-6-17(25)15-18/h5-9,14-15H,4,10-13H2,1-3H3. The summed E-state index contributed by atoms with van der Waals surface area (Å²) < 4.78 is 10.8. The van der Waals surface area contributed by atoms with Crippen LogP contribution in [0.2, 0.25) is 5.02 Å². The third kappa shape index (κ3) is 3.94. The fourth-order valence-electron chi connectivity index (χ4n) is 4.20. The number of carbonyl (C=O) groups excluding carboxylic acids is 2. The van der Waals surface area contributed by atoms with Crippen molar-refractivity contribution in [3.05, 3.63) is 58.7 Å². The van der Waals surface area contributed by atoms with Crippen molar-refractivity contribution in [2.45, 2.75) is 6.92 Å². The first-order valence-electron chi connectivity index (χ1n) is 10.6. The minimum absolute atomic E-state index is 0.341. The van der Waals surface area contributed by atoms with E-state index in [-0.39, 0.29) is 11.8 Å². The zero-order chi connectivity index (χ0) is 22.8. The number of benzene rings is 2. The Bertz CT molecular complexity index is 1080. The maximum absolute atomic E-state index is 13.7. The lowest BCUT2D eigenvalue weighted by Gasteiger charge is -2.36. The number of hydrogen-bond acceptors (Lipinski definition) is 6. The molecule has 0 saturated carbocycles. The Morgan fingerprint density at radius 1 is 0.906 bits per heavy atom. The molecule has 168 valence electrons. The lowest BCUT2D eigenvalue weighted by Crippen LogP contribution is -2.47. The normalized spacial score (nSPS) is 17.4. The highest BCUT2D eigenvalue weighted by atomic mass is 35.5. The summed E-state index contributed by atoms with van der Waals surface area (Å²) in [5, 5.41) is 0.459. The van der Waals surface area contributed by atoms with Crippen LogP contribution < -0.4 is 14.4 Å². The molecule has 0 bridgehead atoms. The molecule has 0 unspecified atom stereocenters. The monoisotopic (exact) mass is 455 g/mol. The van der Waals surface area contributed by atoms with Crippen LogP contribution in [0.5, 0.6) is 11.5 Å². The van der Waals surface area contributed by atoms with Crippen LogP contribution in [0, 0.1) is 0 Å². The third-order valence-corrected chi connectivity index (χ3v) is 6.17. The minimum atomic E-state index is -0.377. The molecule has 0 aromatic heterocycles. The fourth-order valence-corrected chi connectivity index (χ4v) is 4.39. The van der Waals surface area contributed by atoms with Crippen molar-refractivity contribution in [3.63, 3.8) is 0 Å². The van der Waals surface area contributed by atoms with E-state index in [1.165, 1.54) is 4.90 Å². The van der Waals surface area contributed by atoms with E-state index in [1.807, 2.05) is 4.90 Å². The molecule has 1 saturated heterocycles. The number of piperazine rings is 1. The van der Waals surface area contributed by atoms with Crippen LogP contribution in [-0.4, -0.2) is 68.6 Å². The molecule has 2 aliphatic rings. The topological polar surface area (TPSA) is 62.3 Å². The molecule has 0 aliphatic carbocycles. The molecule has 2 aromatic carbocycles. The highest BCUT2D eigenvalue weighted by molar-refractivity contribution is 6.45. The Kier molecular flexibility index (Phi) is 6.39. The molecule has 0 N–H and O–H groups in total. The number of anilines is 1. The van der Waals surface area contributed by atoms with E-state index >= 15 is 0 Å². The molecule has 1 fully saturated rings. The average molecular weight is 456 g/mol. The van der Waals surface area contributed by atoms with Crippen LogP contribution >= 0.6 is 11.6 Å². The van der Waals surface area contributed by atoms with Crippen molar-refractivity contribution >= 4 is 34.7 Å². The highest BCUT2D eigenvalue weighted by Gasteiger charge is 2.43. The van der Waals surface area contributed by atoms with Gasteiger partial charge in [-0.25, -0.2) is 4.90 Å².